The summed E-state index contributed by atoms with van der Waals surface area (Å²) in [5, 5.41) is 3.03. The van der Waals surface area contributed by atoms with Crippen LogP contribution in [-0.4, -0.2) is 12.5 Å². The van der Waals surface area contributed by atoms with Gasteiger partial charge in [0.2, 0.25) is 5.91 Å². The third-order valence-electron chi connectivity index (χ3n) is 3.69. The predicted octanol–water partition coefficient (Wildman–Crippen LogP) is 3.52. The quantitative estimate of drug-likeness (QED) is 0.882. The second-order valence-electron chi connectivity index (χ2n) is 5.11. The summed E-state index contributed by atoms with van der Waals surface area (Å²) in [4.78, 5) is 12.7. The normalized spacial score (nSPS) is 11.1. The maximum Gasteiger partial charge on any atom is 0.234 e. The van der Waals surface area contributed by atoms with E-state index in [9.17, 15) is 4.79 Å². The zero-order valence-electron chi connectivity index (χ0n) is 12.1. The molecular formula is C18H21NO. The second kappa shape index (κ2) is 6.38. The third-order valence-corrected chi connectivity index (χ3v) is 3.69. The molecule has 0 fully saturated rings. The first kappa shape index (κ1) is 14.3. The van der Waals surface area contributed by atoms with Gasteiger partial charge in [-0.25, -0.2) is 0 Å². The van der Waals surface area contributed by atoms with Gasteiger partial charge in [0.25, 0.3) is 0 Å². The lowest BCUT2D eigenvalue weighted by atomic mass is 9.75. The number of nitrogens with one attached hydrogen (secondary N) is 1. The minimum atomic E-state index is -0.655. The van der Waals surface area contributed by atoms with Crippen LogP contribution in [0.1, 0.15) is 31.4 Å². The van der Waals surface area contributed by atoms with Gasteiger partial charge in [-0.05, 0) is 24.5 Å². The number of benzene rings is 2. The van der Waals surface area contributed by atoms with Crippen molar-refractivity contribution in [2.24, 2.45) is 0 Å². The van der Waals surface area contributed by atoms with E-state index in [1.165, 1.54) is 0 Å². The van der Waals surface area contributed by atoms with Crippen molar-refractivity contribution < 1.29 is 4.79 Å². The van der Waals surface area contributed by atoms with Crippen LogP contribution in [0.15, 0.2) is 60.7 Å². The van der Waals surface area contributed by atoms with Gasteiger partial charge < -0.3 is 5.32 Å². The van der Waals surface area contributed by atoms with Crippen molar-refractivity contribution in [1.82, 2.24) is 5.32 Å². The van der Waals surface area contributed by atoms with Crippen molar-refractivity contribution in [3.05, 3.63) is 71.8 Å². The Bertz CT molecular complexity index is 509. The van der Waals surface area contributed by atoms with Crippen LogP contribution in [0.25, 0.3) is 0 Å². The van der Waals surface area contributed by atoms with Crippen LogP contribution in [0, 0.1) is 0 Å². The van der Waals surface area contributed by atoms with E-state index in [1.54, 1.807) is 0 Å². The molecule has 20 heavy (non-hydrogen) atoms. The molecule has 0 saturated heterocycles. The lowest BCUT2D eigenvalue weighted by Gasteiger charge is -2.29. The standard InChI is InChI=1S/C18H21NO/c1-3-14-19-17(20)18(2,15-10-6-4-7-11-15)16-12-8-5-9-13-16/h4-13H,3,14H2,1-2H3,(H,19,20). The molecule has 0 aliphatic rings. The Hall–Kier alpha value is -2.09. The van der Waals surface area contributed by atoms with E-state index < -0.39 is 5.41 Å². The molecule has 0 atom stereocenters. The lowest BCUT2D eigenvalue weighted by Crippen LogP contribution is -2.43. The molecule has 2 rings (SSSR count). The molecule has 1 N–H and O–H groups in total. The van der Waals surface area contributed by atoms with Gasteiger partial charge >= 0.3 is 0 Å². The first-order chi connectivity index (χ1) is 9.69. The number of hydrogen-bond donors (Lipinski definition) is 1. The van der Waals surface area contributed by atoms with E-state index >= 15 is 0 Å². The summed E-state index contributed by atoms with van der Waals surface area (Å²) in [5.41, 5.74) is 1.37. The minimum absolute atomic E-state index is 0.0525. The molecule has 0 spiro atoms. The number of carbonyl (C=O) groups is 1. The van der Waals surface area contributed by atoms with Crippen LogP contribution in [0.3, 0.4) is 0 Å². The van der Waals surface area contributed by atoms with Crippen molar-refractivity contribution in [2.75, 3.05) is 6.54 Å². The topological polar surface area (TPSA) is 29.1 Å². The smallest absolute Gasteiger partial charge is 0.234 e. The number of rotatable bonds is 5. The van der Waals surface area contributed by atoms with Crippen LogP contribution in [0.2, 0.25) is 0 Å². The highest BCUT2D eigenvalue weighted by atomic mass is 16.2. The molecule has 0 heterocycles. The van der Waals surface area contributed by atoms with Crippen molar-refractivity contribution in [3.8, 4) is 0 Å². The van der Waals surface area contributed by atoms with Crippen molar-refractivity contribution >= 4 is 5.91 Å². The van der Waals surface area contributed by atoms with Gasteiger partial charge in [0.05, 0.1) is 5.41 Å². The van der Waals surface area contributed by atoms with Crippen LogP contribution in [0.4, 0.5) is 0 Å². The summed E-state index contributed by atoms with van der Waals surface area (Å²) in [7, 11) is 0. The van der Waals surface area contributed by atoms with Crippen LogP contribution < -0.4 is 5.32 Å². The molecule has 0 aromatic heterocycles. The highest BCUT2D eigenvalue weighted by Crippen LogP contribution is 2.32. The Kier molecular flexibility index (Phi) is 4.57. The summed E-state index contributed by atoms with van der Waals surface area (Å²) in [6.07, 6.45) is 0.936. The van der Waals surface area contributed by atoms with Gasteiger partial charge in [-0.1, -0.05) is 67.6 Å². The summed E-state index contributed by atoms with van der Waals surface area (Å²) < 4.78 is 0. The first-order valence-electron chi connectivity index (χ1n) is 7.09. The third kappa shape index (κ3) is 2.74. The highest BCUT2D eigenvalue weighted by molar-refractivity contribution is 5.91. The van der Waals surface area contributed by atoms with Gasteiger partial charge in [-0.2, -0.15) is 0 Å². The molecule has 0 bridgehead atoms. The fraction of sp³-hybridized carbons (Fsp3) is 0.278. The molecule has 2 aromatic rings. The van der Waals surface area contributed by atoms with Gasteiger partial charge in [0.15, 0.2) is 0 Å². The Labute approximate surface area is 120 Å². The summed E-state index contributed by atoms with van der Waals surface area (Å²) in [5.74, 6) is 0.0525. The van der Waals surface area contributed by atoms with Gasteiger partial charge in [0, 0.05) is 6.54 Å². The zero-order chi connectivity index (χ0) is 14.4. The largest absolute Gasteiger partial charge is 0.355 e. The van der Waals surface area contributed by atoms with Crippen LogP contribution in [-0.2, 0) is 10.2 Å². The molecule has 2 aromatic carbocycles. The summed E-state index contributed by atoms with van der Waals surface area (Å²) in [6, 6.07) is 19.9. The lowest BCUT2D eigenvalue weighted by molar-refractivity contribution is -0.124. The molecule has 0 aliphatic heterocycles. The Morgan fingerprint density at radius 2 is 1.40 bits per heavy atom. The maximum atomic E-state index is 12.7. The Morgan fingerprint density at radius 1 is 0.950 bits per heavy atom. The number of amides is 1. The molecule has 2 heteroatoms. The average Bonchev–Trinajstić information content (AvgIpc) is 2.53. The van der Waals surface area contributed by atoms with Gasteiger partial charge in [0.1, 0.15) is 0 Å². The van der Waals surface area contributed by atoms with Crippen molar-refractivity contribution in [1.29, 1.82) is 0 Å². The Balaban J connectivity index is 2.46. The number of hydrogen-bond acceptors (Lipinski definition) is 1. The molecule has 0 unspecified atom stereocenters. The summed E-state index contributed by atoms with van der Waals surface area (Å²) >= 11 is 0. The predicted molar refractivity (Wildman–Crippen MR) is 82.6 cm³/mol. The van der Waals surface area contributed by atoms with E-state index in [-0.39, 0.29) is 5.91 Å². The average molecular weight is 267 g/mol. The number of carbonyl (C=O) groups excluding carboxylic acids is 1. The maximum absolute atomic E-state index is 12.7. The van der Waals surface area contributed by atoms with E-state index in [2.05, 4.69) is 12.2 Å². The molecule has 0 saturated carbocycles. The fourth-order valence-corrected chi connectivity index (χ4v) is 2.39. The van der Waals surface area contributed by atoms with E-state index in [0.29, 0.717) is 6.54 Å². The SMILES string of the molecule is CCCNC(=O)C(C)(c1ccccc1)c1ccccc1. The van der Waals surface area contributed by atoms with E-state index in [4.69, 9.17) is 0 Å². The summed E-state index contributed by atoms with van der Waals surface area (Å²) in [6.45, 7) is 4.75. The molecule has 0 aliphatic carbocycles. The highest BCUT2D eigenvalue weighted by Gasteiger charge is 2.36. The first-order valence-corrected chi connectivity index (χ1v) is 7.09. The van der Waals surface area contributed by atoms with Crippen LogP contribution in [0.5, 0.6) is 0 Å². The van der Waals surface area contributed by atoms with Crippen molar-refractivity contribution in [3.63, 3.8) is 0 Å². The minimum Gasteiger partial charge on any atom is -0.355 e. The van der Waals surface area contributed by atoms with Crippen LogP contribution >= 0.6 is 0 Å². The molecule has 1 amide bonds. The van der Waals surface area contributed by atoms with Crippen molar-refractivity contribution in [2.45, 2.75) is 25.7 Å². The monoisotopic (exact) mass is 267 g/mol. The van der Waals surface area contributed by atoms with Gasteiger partial charge in [-0.3, -0.25) is 4.79 Å². The van der Waals surface area contributed by atoms with E-state index in [1.807, 2.05) is 67.6 Å². The Morgan fingerprint density at radius 3 is 1.80 bits per heavy atom. The molecule has 2 nitrogen and oxygen atoms in total. The van der Waals surface area contributed by atoms with E-state index in [0.717, 1.165) is 17.5 Å². The molecular weight excluding hydrogens is 246 g/mol. The zero-order valence-corrected chi connectivity index (χ0v) is 12.1. The second-order valence-corrected chi connectivity index (χ2v) is 5.11. The van der Waals surface area contributed by atoms with Gasteiger partial charge in [-0.15, -0.1) is 0 Å². The molecule has 104 valence electrons. The fourth-order valence-electron chi connectivity index (χ4n) is 2.39. The molecule has 0 radical (unpaired) electrons.